The number of aliphatic hydroxyl groups excluding tert-OH is 1. The van der Waals surface area contributed by atoms with Crippen molar-refractivity contribution >= 4 is 16.9 Å². The van der Waals surface area contributed by atoms with Gasteiger partial charge in [-0.25, -0.2) is 4.98 Å². The molecule has 7 heteroatoms. The molecule has 0 bridgehead atoms. The van der Waals surface area contributed by atoms with E-state index in [1.807, 2.05) is 24.3 Å². The average molecular weight is 403 g/mol. The van der Waals surface area contributed by atoms with Crippen molar-refractivity contribution in [1.29, 1.82) is 0 Å². The molecule has 0 radical (unpaired) electrons. The molecule has 0 atom stereocenters. The topological polar surface area (TPSA) is 79.1 Å². The molecule has 0 spiro atoms. The average Bonchev–Trinajstić information content (AvgIpc) is 3.08. The number of aromatic nitrogens is 4. The molecule has 0 saturated carbocycles. The highest BCUT2D eigenvalue weighted by molar-refractivity contribution is 5.75. The number of hydrogen-bond donors (Lipinski definition) is 2. The second-order valence-corrected chi connectivity index (χ2v) is 7.40. The third-order valence-corrected chi connectivity index (χ3v) is 5.08. The molecule has 0 saturated heterocycles. The minimum atomic E-state index is 0.0654. The molecule has 0 aliphatic rings. The molecule has 0 fully saturated rings. The first kappa shape index (κ1) is 20.0. The van der Waals surface area contributed by atoms with Crippen LogP contribution in [0.3, 0.4) is 0 Å². The summed E-state index contributed by atoms with van der Waals surface area (Å²) in [5.41, 5.74) is 5.27. The molecule has 2 N–H and O–H groups in total. The Hall–Kier alpha value is -3.29. The number of fused-ring (bicyclic) bond motifs is 1. The summed E-state index contributed by atoms with van der Waals surface area (Å²) in [5, 5.41) is 20.3. The van der Waals surface area contributed by atoms with Gasteiger partial charge in [0.15, 0.2) is 0 Å². The lowest BCUT2D eigenvalue weighted by molar-refractivity contribution is 0.308. The predicted octanol–water partition coefficient (Wildman–Crippen LogP) is 3.07. The van der Waals surface area contributed by atoms with Crippen LogP contribution in [0.5, 0.6) is 0 Å². The lowest BCUT2D eigenvalue weighted by Crippen LogP contribution is -2.19. The summed E-state index contributed by atoms with van der Waals surface area (Å²) < 4.78 is 2.16. The summed E-state index contributed by atoms with van der Waals surface area (Å²) in [6.07, 6.45) is 0. The van der Waals surface area contributed by atoms with Gasteiger partial charge in [-0.3, -0.25) is 4.90 Å². The van der Waals surface area contributed by atoms with E-state index in [1.165, 1.54) is 5.56 Å². The van der Waals surface area contributed by atoms with Crippen molar-refractivity contribution in [2.45, 2.75) is 13.1 Å². The molecule has 2 aromatic carbocycles. The molecule has 0 aliphatic heterocycles. The Kier molecular flexibility index (Phi) is 6.02. The number of para-hydroxylation sites is 2. The number of aryl methyl sites for hydroxylation is 1. The van der Waals surface area contributed by atoms with Gasteiger partial charge in [0.2, 0.25) is 0 Å². The zero-order valence-electron chi connectivity index (χ0n) is 17.3. The van der Waals surface area contributed by atoms with Gasteiger partial charge in [-0.05, 0) is 36.9 Å². The fourth-order valence-electron chi connectivity index (χ4n) is 3.49. The molecule has 7 nitrogen and oxygen atoms in total. The van der Waals surface area contributed by atoms with Crippen LogP contribution in [0.1, 0.15) is 11.4 Å². The van der Waals surface area contributed by atoms with Crippen LogP contribution in [0.4, 0.5) is 5.82 Å². The number of nitrogens with zero attached hydrogens (tertiary/aromatic N) is 5. The molecule has 2 aromatic heterocycles. The van der Waals surface area contributed by atoms with Gasteiger partial charge in [-0.1, -0.05) is 36.4 Å². The molecular formula is C23H26N6O. The van der Waals surface area contributed by atoms with Gasteiger partial charge in [0.25, 0.3) is 0 Å². The summed E-state index contributed by atoms with van der Waals surface area (Å²) in [5.74, 6) is 1.72. The predicted molar refractivity (Wildman–Crippen MR) is 119 cm³/mol. The normalized spacial score (nSPS) is 11.3. The van der Waals surface area contributed by atoms with Gasteiger partial charge < -0.3 is 15.0 Å². The Labute approximate surface area is 176 Å². The van der Waals surface area contributed by atoms with Gasteiger partial charge >= 0.3 is 0 Å². The number of anilines is 1. The van der Waals surface area contributed by atoms with Gasteiger partial charge in [-0.15, -0.1) is 10.2 Å². The van der Waals surface area contributed by atoms with Crippen LogP contribution >= 0.6 is 0 Å². The van der Waals surface area contributed by atoms with Gasteiger partial charge in [0.1, 0.15) is 11.6 Å². The first-order valence-corrected chi connectivity index (χ1v) is 10.0. The van der Waals surface area contributed by atoms with Crippen LogP contribution in [0.2, 0.25) is 0 Å². The molecule has 0 amide bonds. The van der Waals surface area contributed by atoms with Crippen molar-refractivity contribution in [2.75, 3.05) is 25.5 Å². The Morgan fingerprint density at radius 1 is 0.967 bits per heavy atom. The van der Waals surface area contributed by atoms with E-state index in [9.17, 15) is 0 Å². The monoisotopic (exact) mass is 402 g/mol. The molecule has 154 valence electrons. The number of benzene rings is 2. The van der Waals surface area contributed by atoms with E-state index in [4.69, 9.17) is 10.1 Å². The second-order valence-electron chi connectivity index (χ2n) is 7.40. The SMILES string of the molecule is CN(Cc1ccc(-c2ccc(NCCO)nn2)cc1)Cc1nc2ccccc2n1C. The highest BCUT2D eigenvalue weighted by atomic mass is 16.3. The number of hydrogen-bond acceptors (Lipinski definition) is 6. The fourth-order valence-corrected chi connectivity index (χ4v) is 3.49. The summed E-state index contributed by atoms with van der Waals surface area (Å²) in [7, 11) is 4.18. The van der Waals surface area contributed by atoms with E-state index in [-0.39, 0.29) is 6.61 Å². The van der Waals surface area contributed by atoms with Crippen molar-refractivity contribution in [1.82, 2.24) is 24.6 Å². The Morgan fingerprint density at radius 3 is 2.47 bits per heavy atom. The highest BCUT2D eigenvalue weighted by Crippen LogP contribution is 2.19. The van der Waals surface area contributed by atoms with Crippen molar-refractivity contribution in [2.24, 2.45) is 7.05 Å². The molecular weight excluding hydrogens is 376 g/mol. The minimum absolute atomic E-state index is 0.0654. The molecule has 0 unspecified atom stereocenters. The van der Waals surface area contributed by atoms with E-state index in [0.717, 1.165) is 41.2 Å². The lowest BCUT2D eigenvalue weighted by Gasteiger charge is -2.16. The van der Waals surface area contributed by atoms with Gasteiger partial charge in [-0.2, -0.15) is 0 Å². The van der Waals surface area contributed by atoms with Crippen LogP contribution in [-0.4, -0.2) is 50.0 Å². The summed E-state index contributed by atoms with van der Waals surface area (Å²) in [6, 6.07) is 20.4. The van der Waals surface area contributed by atoms with Crippen LogP contribution in [0, 0.1) is 0 Å². The lowest BCUT2D eigenvalue weighted by atomic mass is 10.1. The number of aliphatic hydroxyl groups is 1. The van der Waals surface area contributed by atoms with Crippen molar-refractivity contribution < 1.29 is 5.11 Å². The van der Waals surface area contributed by atoms with Crippen molar-refractivity contribution in [3.8, 4) is 11.3 Å². The second kappa shape index (κ2) is 9.02. The Morgan fingerprint density at radius 2 is 1.77 bits per heavy atom. The number of nitrogens with one attached hydrogen (secondary N) is 1. The highest BCUT2D eigenvalue weighted by Gasteiger charge is 2.10. The zero-order valence-corrected chi connectivity index (χ0v) is 17.3. The van der Waals surface area contributed by atoms with Crippen LogP contribution in [0.25, 0.3) is 22.3 Å². The Balaban J connectivity index is 1.39. The van der Waals surface area contributed by atoms with E-state index < -0.39 is 0 Å². The summed E-state index contributed by atoms with van der Waals surface area (Å²) >= 11 is 0. The maximum Gasteiger partial charge on any atom is 0.148 e. The van der Waals surface area contributed by atoms with Gasteiger partial charge in [0.05, 0.1) is 29.9 Å². The fraction of sp³-hybridized carbons (Fsp3) is 0.261. The van der Waals surface area contributed by atoms with Crippen molar-refractivity contribution in [3.63, 3.8) is 0 Å². The van der Waals surface area contributed by atoms with E-state index in [1.54, 1.807) is 0 Å². The smallest absolute Gasteiger partial charge is 0.148 e. The largest absolute Gasteiger partial charge is 0.395 e. The molecule has 2 heterocycles. The first-order valence-electron chi connectivity index (χ1n) is 10.0. The Bertz CT molecular complexity index is 1100. The maximum atomic E-state index is 8.86. The molecule has 0 aliphatic carbocycles. The van der Waals surface area contributed by atoms with E-state index >= 15 is 0 Å². The molecule has 4 aromatic rings. The van der Waals surface area contributed by atoms with Crippen molar-refractivity contribution in [3.05, 3.63) is 72.1 Å². The van der Waals surface area contributed by atoms with Crippen LogP contribution in [-0.2, 0) is 20.1 Å². The zero-order chi connectivity index (χ0) is 20.9. The summed E-state index contributed by atoms with van der Waals surface area (Å²) in [4.78, 5) is 7.02. The summed E-state index contributed by atoms with van der Waals surface area (Å²) in [6.45, 7) is 2.14. The maximum absolute atomic E-state index is 8.86. The quantitative estimate of drug-likeness (QED) is 0.472. The molecule has 30 heavy (non-hydrogen) atoms. The standard InChI is InChI=1S/C23H26N6O/c1-28(16-23-25-20-5-3-4-6-21(20)29(23)2)15-17-7-9-18(10-8-17)19-11-12-22(27-26-19)24-13-14-30/h3-12,30H,13-16H2,1-2H3,(H,24,27). The van der Waals surface area contributed by atoms with E-state index in [2.05, 4.69) is 75.5 Å². The van der Waals surface area contributed by atoms with Crippen LogP contribution < -0.4 is 5.32 Å². The van der Waals surface area contributed by atoms with E-state index in [0.29, 0.717) is 12.4 Å². The van der Waals surface area contributed by atoms with Crippen LogP contribution in [0.15, 0.2) is 60.7 Å². The van der Waals surface area contributed by atoms with Gasteiger partial charge in [0, 0.05) is 25.7 Å². The third kappa shape index (κ3) is 4.48. The molecule has 4 rings (SSSR count). The number of rotatable bonds is 8. The minimum Gasteiger partial charge on any atom is -0.395 e. The first-order chi connectivity index (χ1) is 14.6. The third-order valence-electron chi connectivity index (χ3n) is 5.08. The number of imidazole rings is 1.